The molecule has 2 heterocycles. The molecule has 96 valence electrons. The van der Waals surface area contributed by atoms with Gasteiger partial charge in [-0.1, -0.05) is 34.9 Å². The summed E-state index contributed by atoms with van der Waals surface area (Å²) in [6, 6.07) is 7.38. The van der Waals surface area contributed by atoms with Crippen LogP contribution in [0.15, 0.2) is 36.0 Å². The number of fused-ring (bicyclic) bond motifs is 1. The molecule has 2 aromatic rings. The van der Waals surface area contributed by atoms with Crippen molar-refractivity contribution in [3.63, 3.8) is 0 Å². The smallest absolute Gasteiger partial charge is 0.248 e. The zero-order valence-electron chi connectivity index (χ0n) is 10.1. The van der Waals surface area contributed by atoms with E-state index in [0.717, 1.165) is 11.1 Å². The number of allylic oxidation sites excluding steroid dienone is 1. The van der Waals surface area contributed by atoms with Gasteiger partial charge in [0.25, 0.3) is 0 Å². The average molecular weight is 256 g/mol. The predicted octanol–water partition coefficient (Wildman–Crippen LogP) is -0.370. The molecule has 0 amide bonds. The van der Waals surface area contributed by atoms with Gasteiger partial charge >= 0.3 is 0 Å². The van der Waals surface area contributed by atoms with Crippen LogP contribution in [0.4, 0.5) is 5.95 Å². The number of carboxylic acid groups (broad SMARTS) is 1. The molecule has 0 saturated carbocycles. The maximum Gasteiger partial charge on any atom is 0.248 e. The lowest BCUT2D eigenvalue weighted by Gasteiger charge is -2.23. The molecule has 1 aromatic carbocycles. The molecule has 0 bridgehead atoms. The van der Waals surface area contributed by atoms with Crippen molar-refractivity contribution in [2.75, 3.05) is 5.32 Å². The van der Waals surface area contributed by atoms with Gasteiger partial charge in [-0.05, 0) is 29.0 Å². The van der Waals surface area contributed by atoms with E-state index >= 15 is 0 Å². The number of aromatic nitrogens is 4. The predicted molar refractivity (Wildman–Crippen MR) is 63.8 cm³/mol. The number of hydrogen-bond acceptors (Lipinski definition) is 6. The minimum absolute atomic E-state index is 0.0344. The SMILES string of the molecule is Cc1ccc([C@H]2C=C(C(=O)[O-])Nc3nnnn32)cc1. The molecule has 1 aromatic heterocycles. The van der Waals surface area contributed by atoms with E-state index in [1.807, 2.05) is 31.2 Å². The number of benzene rings is 1. The molecule has 0 aliphatic carbocycles. The Morgan fingerprint density at radius 3 is 2.79 bits per heavy atom. The average Bonchev–Trinajstić information content (AvgIpc) is 2.86. The first kappa shape index (κ1) is 11.4. The summed E-state index contributed by atoms with van der Waals surface area (Å²) in [5, 5.41) is 24.8. The number of nitrogens with one attached hydrogen (secondary N) is 1. The number of carbonyl (C=O) groups excluding carboxylic acids is 1. The van der Waals surface area contributed by atoms with E-state index in [4.69, 9.17) is 0 Å². The molecule has 1 atom stereocenters. The number of hydrogen-bond donors (Lipinski definition) is 1. The van der Waals surface area contributed by atoms with E-state index in [9.17, 15) is 9.90 Å². The van der Waals surface area contributed by atoms with E-state index in [1.54, 1.807) is 0 Å². The minimum Gasteiger partial charge on any atom is -0.543 e. The normalized spacial score (nSPS) is 17.3. The summed E-state index contributed by atoms with van der Waals surface area (Å²) in [7, 11) is 0. The van der Waals surface area contributed by atoms with Gasteiger partial charge in [-0.2, -0.15) is 4.68 Å². The van der Waals surface area contributed by atoms with Crippen molar-refractivity contribution >= 4 is 11.9 Å². The minimum atomic E-state index is -1.29. The van der Waals surface area contributed by atoms with Gasteiger partial charge in [-0.15, -0.1) is 0 Å². The van der Waals surface area contributed by atoms with E-state index in [-0.39, 0.29) is 17.7 Å². The zero-order valence-corrected chi connectivity index (χ0v) is 10.1. The summed E-state index contributed by atoms with van der Waals surface area (Å²) >= 11 is 0. The quantitative estimate of drug-likeness (QED) is 0.787. The summed E-state index contributed by atoms with van der Waals surface area (Å²) in [5.41, 5.74) is 1.99. The molecule has 0 unspecified atom stereocenters. The van der Waals surface area contributed by atoms with Crippen LogP contribution in [0.1, 0.15) is 17.2 Å². The largest absolute Gasteiger partial charge is 0.543 e. The van der Waals surface area contributed by atoms with E-state index in [0.29, 0.717) is 0 Å². The molecule has 7 nitrogen and oxygen atoms in total. The highest BCUT2D eigenvalue weighted by atomic mass is 16.4. The first-order chi connectivity index (χ1) is 9.15. The highest BCUT2D eigenvalue weighted by Crippen LogP contribution is 2.27. The number of carbonyl (C=O) groups is 1. The van der Waals surface area contributed by atoms with Crippen molar-refractivity contribution in [2.45, 2.75) is 13.0 Å². The Hall–Kier alpha value is -2.70. The van der Waals surface area contributed by atoms with Crippen molar-refractivity contribution in [1.29, 1.82) is 0 Å². The third-order valence-corrected chi connectivity index (χ3v) is 2.97. The number of nitrogens with zero attached hydrogens (tertiary/aromatic N) is 4. The van der Waals surface area contributed by atoms with Gasteiger partial charge in [0, 0.05) is 0 Å². The first-order valence-corrected chi connectivity index (χ1v) is 5.70. The van der Waals surface area contributed by atoms with Crippen LogP contribution in [0, 0.1) is 6.92 Å². The molecular formula is C12H10N5O2-. The highest BCUT2D eigenvalue weighted by molar-refractivity contribution is 5.88. The van der Waals surface area contributed by atoms with Crippen molar-refractivity contribution in [1.82, 2.24) is 20.2 Å². The maximum absolute atomic E-state index is 11.0. The van der Waals surface area contributed by atoms with Crippen LogP contribution in [0.25, 0.3) is 0 Å². The molecule has 0 saturated heterocycles. The maximum atomic E-state index is 11.0. The number of carboxylic acids is 1. The Bertz CT molecular complexity index is 659. The van der Waals surface area contributed by atoms with Gasteiger partial charge in [0.05, 0.1) is 11.7 Å². The van der Waals surface area contributed by atoms with Crippen molar-refractivity contribution < 1.29 is 9.90 Å². The van der Waals surface area contributed by atoms with Crippen LogP contribution in [0.2, 0.25) is 0 Å². The molecule has 3 rings (SSSR count). The number of aliphatic carboxylic acids is 1. The second-order valence-corrected chi connectivity index (χ2v) is 4.30. The third-order valence-electron chi connectivity index (χ3n) is 2.97. The van der Waals surface area contributed by atoms with Gasteiger partial charge in [-0.25, -0.2) is 0 Å². The van der Waals surface area contributed by atoms with Gasteiger partial charge in [-0.3, -0.25) is 0 Å². The fourth-order valence-corrected chi connectivity index (χ4v) is 1.97. The fraction of sp³-hybridized carbons (Fsp3) is 0.167. The van der Waals surface area contributed by atoms with Gasteiger partial charge < -0.3 is 15.2 Å². The third kappa shape index (κ3) is 1.95. The number of tetrazole rings is 1. The Morgan fingerprint density at radius 2 is 2.11 bits per heavy atom. The lowest BCUT2D eigenvalue weighted by Crippen LogP contribution is -2.32. The topological polar surface area (TPSA) is 95.8 Å². The standard InChI is InChI=1S/C12H11N5O2/c1-7-2-4-8(5-3-7)10-6-9(11(18)19)13-12-14-15-16-17(10)12/h2-6,10H,1H3,(H,18,19)(H,13,14,16)/p-1/t10-/m1/s1. The van der Waals surface area contributed by atoms with Crippen LogP contribution < -0.4 is 10.4 Å². The summed E-state index contributed by atoms with van der Waals surface area (Å²) in [5.74, 6) is -1.00. The number of anilines is 1. The van der Waals surface area contributed by atoms with Crippen LogP contribution in [-0.4, -0.2) is 26.2 Å². The molecule has 0 fully saturated rings. The van der Waals surface area contributed by atoms with Crippen molar-refractivity contribution in [3.05, 3.63) is 47.2 Å². The molecule has 1 N–H and O–H groups in total. The van der Waals surface area contributed by atoms with Crippen LogP contribution in [0.5, 0.6) is 0 Å². The van der Waals surface area contributed by atoms with Crippen LogP contribution in [0.3, 0.4) is 0 Å². The second-order valence-electron chi connectivity index (χ2n) is 4.30. The summed E-state index contributed by atoms with van der Waals surface area (Å²) < 4.78 is 1.52. The van der Waals surface area contributed by atoms with Crippen LogP contribution in [-0.2, 0) is 4.79 Å². The molecule has 7 heteroatoms. The molecule has 1 aliphatic heterocycles. The van der Waals surface area contributed by atoms with Crippen LogP contribution >= 0.6 is 0 Å². The van der Waals surface area contributed by atoms with E-state index in [1.165, 1.54) is 10.8 Å². The lowest BCUT2D eigenvalue weighted by molar-refractivity contribution is -0.299. The Kier molecular flexibility index (Phi) is 2.52. The monoisotopic (exact) mass is 256 g/mol. The highest BCUT2D eigenvalue weighted by Gasteiger charge is 2.23. The molecule has 0 spiro atoms. The zero-order chi connectivity index (χ0) is 13.4. The van der Waals surface area contributed by atoms with Gasteiger partial charge in [0.15, 0.2) is 0 Å². The van der Waals surface area contributed by atoms with Crippen molar-refractivity contribution in [2.24, 2.45) is 0 Å². The number of aryl methyl sites for hydroxylation is 1. The summed E-state index contributed by atoms with van der Waals surface area (Å²) in [6.07, 6.45) is 1.53. The Labute approximate surface area is 108 Å². The lowest BCUT2D eigenvalue weighted by atomic mass is 10.0. The molecule has 0 radical (unpaired) electrons. The first-order valence-electron chi connectivity index (χ1n) is 5.70. The second kappa shape index (κ2) is 4.20. The van der Waals surface area contributed by atoms with Gasteiger partial charge in [0.2, 0.25) is 5.95 Å². The Morgan fingerprint density at radius 1 is 1.37 bits per heavy atom. The Balaban J connectivity index is 2.09. The fourth-order valence-electron chi connectivity index (χ4n) is 1.97. The number of rotatable bonds is 2. The summed E-state index contributed by atoms with van der Waals surface area (Å²) in [4.78, 5) is 11.0. The van der Waals surface area contributed by atoms with Crippen molar-refractivity contribution in [3.8, 4) is 0 Å². The molecular weight excluding hydrogens is 246 g/mol. The van der Waals surface area contributed by atoms with E-state index < -0.39 is 5.97 Å². The molecule has 19 heavy (non-hydrogen) atoms. The summed E-state index contributed by atoms with van der Waals surface area (Å²) in [6.45, 7) is 1.98. The van der Waals surface area contributed by atoms with E-state index in [2.05, 4.69) is 20.8 Å². The van der Waals surface area contributed by atoms with Gasteiger partial charge in [0.1, 0.15) is 6.04 Å². The molecule has 1 aliphatic rings.